The number of carbonyl (C=O) groups excluding carboxylic acids is 1. The van der Waals surface area contributed by atoms with Crippen LogP contribution in [-0.4, -0.2) is 60.5 Å². The molecule has 2 aromatic carbocycles. The molecule has 1 aliphatic rings. The lowest BCUT2D eigenvalue weighted by atomic mass is 10.2. The summed E-state index contributed by atoms with van der Waals surface area (Å²) in [6.07, 6.45) is 1.51. The summed E-state index contributed by atoms with van der Waals surface area (Å²) in [5, 5.41) is 0.356. The Kier molecular flexibility index (Phi) is 6.15. The van der Waals surface area contributed by atoms with Crippen LogP contribution in [0.4, 0.5) is 11.4 Å². The lowest BCUT2D eigenvalue weighted by Crippen LogP contribution is -2.42. The van der Waals surface area contributed by atoms with E-state index >= 15 is 0 Å². The SMILES string of the molecule is CN(C)S(=O)(=O)c1ccc2c(c1)CCN2C(=O)CN(c1cccc(Cl)c1)S(C)(=O)=O. The third kappa shape index (κ3) is 4.46. The second kappa shape index (κ2) is 8.18. The zero-order valence-electron chi connectivity index (χ0n) is 16.7. The second-order valence-corrected chi connectivity index (χ2v) is 11.6. The molecule has 162 valence electrons. The van der Waals surface area contributed by atoms with Gasteiger partial charge in [-0.3, -0.25) is 9.10 Å². The smallest absolute Gasteiger partial charge is 0.247 e. The zero-order valence-corrected chi connectivity index (χ0v) is 19.1. The van der Waals surface area contributed by atoms with Crippen molar-refractivity contribution in [1.29, 1.82) is 0 Å². The molecular weight excluding hydrogens is 450 g/mol. The van der Waals surface area contributed by atoms with Crippen molar-refractivity contribution in [2.24, 2.45) is 0 Å². The maximum absolute atomic E-state index is 13.0. The highest BCUT2D eigenvalue weighted by Crippen LogP contribution is 2.31. The van der Waals surface area contributed by atoms with E-state index in [9.17, 15) is 21.6 Å². The van der Waals surface area contributed by atoms with Crippen molar-refractivity contribution < 1.29 is 21.6 Å². The van der Waals surface area contributed by atoms with E-state index in [1.54, 1.807) is 30.3 Å². The van der Waals surface area contributed by atoms with Crippen LogP contribution in [0.1, 0.15) is 5.56 Å². The van der Waals surface area contributed by atoms with Gasteiger partial charge in [0.15, 0.2) is 0 Å². The van der Waals surface area contributed by atoms with Crippen molar-refractivity contribution in [3.05, 3.63) is 53.1 Å². The van der Waals surface area contributed by atoms with E-state index in [4.69, 9.17) is 11.6 Å². The number of anilines is 2. The minimum atomic E-state index is -3.73. The van der Waals surface area contributed by atoms with Gasteiger partial charge in [0.2, 0.25) is 26.0 Å². The molecule has 0 spiro atoms. The van der Waals surface area contributed by atoms with Crippen LogP contribution in [0.15, 0.2) is 47.4 Å². The minimum absolute atomic E-state index is 0.150. The summed E-state index contributed by atoms with van der Waals surface area (Å²) < 4.78 is 51.4. The second-order valence-electron chi connectivity index (χ2n) is 7.12. The number of sulfonamides is 2. The van der Waals surface area contributed by atoms with E-state index in [-0.39, 0.29) is 4.90 Å². The molecule has 0 unspecified atom stereocenters. The number of rotatable bonds is 6. The average molecular weight is 472 g/mol. The Morgan fingerprint density at radius 3 is 2.40 bits per heavy atom. The van der Waals surface area contributed by atoms with Crippen LogP contribution in [0.5, 0.6) is 0 Å². The van der Waals surface area contributed by atoms with Crippen LogP contribution in [0.2, 0.25) is 5.02 Å². The van der Waals surface area contributed by atoms with Crippen molar-refractivity contribution in [3.8, 4) is 0 Å². The topological polar surface area (TPSA) is 95.1 Å². The van der Waals surface area contributed by atoms with Gasteiger partial charge in [0.1, 0.15) is 6.54 Å². The van der Waals surface area contributed by atoms with Gasteiger partial charge in [0, 0.05) is 31.4 Å². The summed E-state index contributed by atoms with van der Waals surface area (Å²) in [6, 6.07) is 10.9. The van der Waals surface area contributed by atoms with Gasteiger partial charge >= 0.3 is 0 Å². The summed E-state index contributed by atoms with van der Waals surface area (Å²) in [5.74, 6) is -0.414. The van der Waals surface area contributed by atoms with Crippen molar-refractivity contribution in [2.75, 3.05) is 42.6 Å². The molecule has 1 heterocycles. The van der Waals surface area contributed by atoms with Crippen LogP contribution >= 0.6 is 11.6 Å². The molecule has 30 heavy (non-hydrogen) atoms. The van der Waals surface area contributed by atoms with Gasteiger partial charge in [-0.2, -0.15) is 0 Å². The largest absolute Gasteiger partial charge is 0.310 e. The zero-order chi connectivity index (χ0) is 22.3. The van der Waals surface area contributed by atoms with Gasteiger partial charge in [-0.05, 0) is 48.4 Å². The quantitative estimate of drug-likeness (QED) is 0.641. The number of hydrogen-bond acceptors (Lipinski definition) is 5. The monoisotopic (exact) mass is 471 g/mol. The number of fused-ring (bicyclic) bond motifs is 1. The Balaban J connectivity index is 1.89. The molecule has 0 atom stereocenters. The molecule has 8 nitrogen and oxygen atoms in total. The summed E-state index contributed by atoms with van der Waals surface area (Å²) in [5.41, 5.74) is 1.60. The van der Waals surface area contributed by atoms with Crippen molar-refractivity contribution >= 4 is 48.9 Å². The highest BCUT2D eigenvalue weighted by Gasteiger charge is 2.30. The molecule has 1 amide bonds. The standard InChI is InChI=1S/C19H22ClN3O5S2/c1-21(2)30(27,28)17-7-8-18-14(11-17)9-10-22(18)19(24)13-23(29(3,25)26)16-6-4-5-15(20)12-16/h4-8,11-12H,9-10,13H2,1-3H3. The normalized spacial score (nSPS) is 14.1. The van der Waals surface area contributed by atoms with Gasteiger partial charge in [-0.15, -0.1) is 0 Å². The summed E-state index contributed by atoms with van der Waals surface area (Å²) in [7, 11) is -4.41. The first-order chi connectivity index (χ1) is 13.9. The molecule has 0 bridgehead atoms. The summed E-state index contributed by atoms with van der Waals surface area (Å²) in [4.78, 5) is 14.6. The minimum Gasteiger partial charge on any atom is -0.310 e. The first kappa shape index (κ1) is 22.5. The fourth-order valence-electron chi connectivity index (χ4n) is 3.25. The molecule has 0 saturated carbocycles. The molecule has 0 saturated heterocycles. The fourth-order valence-corrected chi connectivity index (χ4v) is 5.23. The number of amides is 1. The molecule has 2 aromatic rings. The number of nitrogens with zero attached hydrogens (tertiary/aromatic N) is 3. The van der Waals surface area contributed by atoms with Crippen LogP contribution < -0.4 is 9.21 Å². The molecule has 0 N–H and O–H groups in total. The highest BCUT2D eigenvalue weighted by atomic mass is 35.5. The van der Waals surface area contributed by atoms with Gasteiger partial charge in [0.05, 0.1) is 16.8 Å². The predicted octanol–water partition coefficient (Wildman–Crippen LogP) is 1.95. The van der Waals surface area contributed by atoms with Crippen molar-refractivity contribution in [3.63, 3.8) is 0 Å². The first-order valence-electron chi connectivity index (χ1n) is 9.00. The number of hydrogen-bond donors (Lipinski definition) is 0. The molecule has 0 radical (unpaired) electrons. The van der Waals surface area contributed by atoms with Gasteiger partial charge in [-0.1, -0.05) is 17.7 Å². The van der Waals surface area contributed by atoms with Gasteiger partial charge in [0.25, 0.3) is 0 Å². The Morgan fingerprint density at radius 2 is 1.80 bits per heavy atom. The molecule has 0 aliphatic carbocycles. The fraction of sp³-hybridized carbons (Fsp3) is 0.316. The van der Waals surface area contributed by atoms with Crippen LogP contribution in [0, 0.1) is 0 Å². The highest BCUT2D eigenvalue weighted by molar-refractivity contribution is 7.92. The van der Waals surface area contributed by atoms with E-state index < -0.39 is 32.5 Å². The van der Waals surface area contributed by atoms with Crippen molar-refractivity contribution in [1.82, 2.24) is 4.31 Å². The lowest BCUT2D eigenvalue weighted by molar-refractivity contribution is -0.117. The molecule has 1 aliphatic heterocycles. The number of halogens is 1. The lowest BCUT2D eigenvalue weighted by Gasteiger charge is -2.25. The molecular formula is C19H22ClN3O5S2. The average Bonchev–Trinajstić information content (AvgIpc) is 3.08. The predicted molar refractivity (Wildman–Crippen MR) is 117 cm³/mol. The third-order valence-electron chi connectivity index (χ3n) is 4.80. The Morgan fingerprint density at radius 1 is 1.10 bits per heavy atom. The molecule has 3 rings (SSSR count). The maximum Gasteiger partial charge on any atom is 0.247 e. The van der Waals surface area contributed by atoms with Gasteiger partial charge < -0.3 is 4.90 Å². The summed E-state index contributed by atoms with van der Waals surface area (Å²) >= 11 is 5.97. The number of benzene rings is 2. The number of carbonyl (C=O) groups is 1. The van der Waals surface area contributed by atoms with E-state index in [2.05, 4.69) is 0 Å². The maximum atomic E-state index is 13.0. The molecule has 11 heteroatoms. The first-order valence-corrected chi connectivity index (χ1v) is 12.7. The van der Waals surface area contributed by atoms with E-state index in [0.717, 1.165) is 20.4 Å². The Hall–Kier alpha value is -2.14. The van der Waals surface area contributed by atoms with Crippen LogP contribution in [0.3, 0.4) is 0 Å². The van der Waals surface area contributed by atoms with Crippen LogP contribution in [-0.2, 0) is 31.3 Å². The molecule has 0 fully saturated rings. The van der Waals surface area contributed by atoms with Crippen molar-refractivity contribution in [2.45, 2.75) is 11.3 Å². The summed E-state index contributed by atoms with van der Waals surface area (Å²) in [6.45, 7) is -0.0524. The van der Waals surface area contributed by atoms with E-state index in [0.29, 0.717) is 29.4 Å². The van der Waals surface area contributed by atoms with Gasteiger partial charge in [-0.25, -0.2) is 21.1 Å². The van der Waals surface area contributed by atoms with E-state index in [1.807, 2.05) is 0 Å². The Bertz CT molecular complexity index is 1200. The molecule has 0 aromatic heterocycles. The Labute approximate surface area is 181 Å². The van der Waals surface area contributed by atoms with E-state index in [1.165, 1.54) is 31.1 Å². The van der Waals surface area contributed by atoms with Crippen LogP contribution in [0.25, 0.3) is 0 Å². The third-order valence-corrected chi connectivity index (χ3v) is 7.99.